The summed E-state index contributed by atoms with van der Waals surface area (Å²) in [7, 11) is 0. The first-order valence-corrected chi connectivity index (χ1v) is 4.50. The highest BCUT2D eigenvalue weighted by Crippen LogP contribution is 2.12. The molecular formula is C8H13ClN4. The average Bonchev–Trinajstić information content (AvgIpc) is 2.30. The molecule has 0 aliphatic heterocycles. The van der Waals surface area contributed by atoms with Crippen molar-refractivity contribution >= 4 is 17.4 Å². The van der Waals surface area contributed by atoms with Crippen LogP contribution in [0.3, 0.4) is 0 Å². The standard InChI is InChI=1S/C8H13ClN4/c1-6-7(9)5-13(12-6)4-2-3-8(10)11/h5H,2-4H2,1H3,(H3,10,11). The summed E-state index contributed by atoms with van der Waals surface area (Å²) in [5, 5.41) is 11.9. The minimum Gasteiger partial charge on any atom is -0.388 e. The van der Waals surface area contributed by atoms with Crippen LogP contribution in [-0.4, -0.2) is 15.6 Å². The number of rotatable bonds is 4. The molecule has 0 bridgehead atoms. The Bertz CT molecular complexity index is 286. The largest absolute Gasteiger partial charge is 0.388 e. The number of hydrogen-bond donors (Lipinski definition) is 2. The van der Waals surface area contributed by atoms with Gasteiger partial charge in [-0.1, -0.05) is 11.6 Å². The number of nitrogens with two attached hydrogens (primary N) is 1. The Morgan fingerprint density at radius 2 is 2.46 bits per heavy atom. The van der Waals surface area contributed by atoms with Gasteiger partial charge in [0.1, 0.15) is 0 Å². The van der Waals surface area contributed by atoms with Gasteiger partial charge < -0.3 is 5.73 Å². The van der Waals surface area contributed by atoms with E-state index in [2.05, 4.69) is 5.10 Å². The lowest BCUT2D eigenvalue weighted by molar-refractivity contribution is 0.584. The molecule has 0 unspecified atom stereocenters. The minimum absolute atomic E-state index is 0.218. The maximum Gasteiger partial charge on any atom is 0.0905 e. The van der Waals surface area contributed by atoms with Crippen LogP contribution < -0.4 is 5.73 Å². The van der Waals surface area contributed by atoms with Crippen molar-refractivity contribution in [3.63, 3.8) is 0 Å². The molecule has 0 saturated heterocycles. The fourth-order valence-corrected chi connectivity index (χ4v) is 1.19. The quantitative estimate of drug-likeness (QED) is 0.572. The molecule has 1 heterocycles. The topological polar surface area (TPSA) is 67.7 Å². The molecule has 1 rings (SSSR count). The second kappa shape index (κ2) is 4.28. The van der Waals surface area contributed by atoms with E-state index in [-0.39, 0.29) is 5.84 Å². The Morgan fingerprint density at radius 1 is 1.77 bits per heavy atom. The maximum atomic E-state index is 7.03. The summed E-state index contributed by atoms with van der Waals surface area (Å²) in [5.74, 6) is 0.218. The summed E-state index contributed by atoms with van der Waals surface area (Å²) in [4.78, 5) is 0. The third kappa shape index (κ3) is 3.06. The van der Waals surface area contributed by atoms with Gasteiger partial charge in [0.05, 0.1) is 16.6 Å². The van der Waals surface area contributed by atoms with Crippen molar-refractivity contribution in [2.45, 2.75) is 26.3 Å². The predicted molar refractivity (Wildman–Crippen MR) is 53.1 cm³/mol. The Hall–Kier alpha value is -1.03. The molecule has 0 radical (unpaired) electrons. The zero-order valence-electron chi connectivity index (χ0n) is 7.55. The molecule has 4 nitrogen and oxygen atoms in total. The number of nitrogens with one attached hydrogen (secondary N) is 1. The molecule has 0 fully saturated rings. The maximum absolute atomic E-state index is 7.03. The van der Waals surface area contributed by atoms with Crippen LogP contribution in [0.5, 0.6) is 0 Å². The van der Waals surface area contributed by atoms with Gasteiger partial charge in [-0.2, -0.15) is 5.10 Å². The van der Waals surface area contributed by atoms with Crippen LogP contribution in [0, 0.1) is 12.3 Å². The van der Waals surface area contributed by atoms with E-state index in [4.69, 9.17) is 22.7 Å². The van der Waals surface area contributed by atoms with Gasteiger partial charge in [0.15, 0.2) is 0 Å². The van der Waals surface area contributed by atoms with Crippen molar-refractivity contribution in [3.8, 4) is 0 Å². The summed E-state index contributed by atoms with van der Waals surface area (Å²) < 4.78 is 1.78. The minimum atomic E-state index is 0.218. The number of aryl methyl sites for hydroxylation is 2. The van der Waals surface area contributed by atoms with Crippen molar-refractivity contribution in [2.24, 2.45) is 5.73 Å². The molecule has 0 aliphatic carbocycles. The average molecular weight is 201 g/mol. The Kier molecular flexibility index (Phi) is 3.31. The molecule has 0 saturated carbocycles. The highest BCUT2D eigenvalue weighted by molar-refractivity contribution is 6.31. The number of aromatic nitrogens is 2. The highest BCUT2D eigenvalue weighted by atomic mass is 35.5. The molecule has 72 valence electrons. The Morgan fingerprint density at radius 3 is 2.92 bits per heavy atom. The van der Waals surface area contributed by atoms with Gasteiger partial charge >= 0.3 is 0 Å². The number of hydrogen-bond acceptors (Lipinski definition) is 2. The van der Waals surface area contributed by atoms with Gasteiger partial charge in [-0.3, -0.25) is 10.1 Å². The molecule has 0 atom stereocenters. The van der Waals surface area contributed by atoms with E-state index in [0.29, 0.717) is 11.4 Å². The molecule has 5 heteroatoms. The van der Waals surface area contributed by atoms with E-state index in [9.17, 15) is 0 Å². The van der Waals surface area contributed by atoms with Crippen LogP contribution in [-0.2, 0) is 6.54 Å². The third-order valence-corrected chi connectivity index (χ3v) is 2.09. The number of amidine groups is 1. The Labute approximate surface area is 82.2 Å². The Balaban J connectivity index is 2.41. The number of nitrogens with zero attached hydrogens (tertiary/aromatic N) is 2. The van der Waals surface area contributed by atoms with Crippen molar-refractivity contribution < 1.29 is 0 Å². The third-order valence-electron chi connectivity index (χ3n) is 1.72. The summed E-state index contributed by atoms with van der Waals surface area (Å²) in [5.41, 5.74) is 6.06. The van der Waals surface area contributed by atoms with E-state index in [1.165, 1.54) is 0 Å². The molecule has 0 spiro atoms. The first-order chi connectivity index (χ1) is 6.09. The first kappa shape index (κ1) is 10.1. The van der Waals surface area contributed by atoms with Gasteiger partial charge in [-0.15, -0.1) is 0 Å². The number of halogens is 1. The van der Waals surface area contributed by atoms with E-state index < -0.39 is 0 Å². The van der Waals surface area contributed by atoms with Crippen LogP contribution in [0.25, 0.3) is 0 Å². The lowest BCUT2D eigenvalue weighted by Gasteiger charge is -1.99. The van der Waals surface area contributed by atoms with Crippen LogP contribution in [0.2, 0.25) is 5.02 Å². The van der Waals surface area contributed by atoms with Gasteiger partial charge in [0.2, 0.25) is 0 Å². The van der Waals surface area contributed by atoms with Gasteiger partial charge in [0, 0.05) is 19.2 Å². The van der Waals surface area contributed by atoms with Crippen molar-refractivity contribution in [3.05, 3.63) is 16.9 Å². The SMILES string of the molecule is Cc1nn(CCCC(=N)N)cc1Cl. The van der Waals surface area contributed by atoms with Crippen LogP contribution in [0.1, 0.15) is 18.5 Å². The predicted octanol–water partition coefficient (Wildman–Crippen LogP) is 1.56. The summed E-state index contributed by atoms with van der Waals surface area (Å²) >= 11 is 5.82. The molecule has 1 aromatic heterocycles. The van der Waals surface area contributed by atoms with Crippen molar-refractivity contribution in [1.82, 2.24) is 9.78 Å². The fraction of sp³-hybridized carbons (Fsp3) is 0.500. The molecular weight excluding hydrogens is 188 g/mol. The summed E-state index contributed by atoms with van der Waals surface area (Å²) in [6.45, 7) is 2.62. The smallest absolute Gasteiger partial charge is 0.0905 e. The van der Waals surface area contributed by atoms with Crippen molar-refractivity contribution in [2.75, 3.05) is 0 Å². The molecule has 1 aromatic rings. The van der Waals surface area contributed by atoms with E-state index in [1.54, 1.807) is 10.9 Å². The molecule has 0 aromatic carbocycles. The fourth-order valence-electron chi connectivity index (χ4n) is 1.04. The molecule has 3 N–H and O–H groups in total. The van der Waals surface area contributed by atoms with Gasteiger partial charge in [0.25, 0.3) is 0 Å². The zero-order chi connectivity index (χ0) is 9.84. The molecule has 13 heavy (non-hydrogen) atoms. The van der Waals surface area contributed by atoms with Crippen molar-refractivity contribution in [1.29, 1.82) is 5.41 Å². The van der Waals surface area contributed by atoms with E-state index in [0.717, 1.165) is 18.7 Å². The summed E-state index contributed by atoms with van der Waals surface area (Å²) in [6.07, 6.45) is 3.22. The molecule has 0 amide bonds. The lowest BCUT2D eigenvalue weighted by atomic mass is 10.3. The normalized spacial score (nSPS) is 10.3. The summed E-state index contributed by atoms with van der Waals surface area (Å²) in [6, 6.07) is 0. The zero-order valence-corrected chi connectivity index (χ0v) is 8.30. The second-order valence-corrected chi connectivity index (χ2v) is 3.36. The van der Waals surface area contributed by atoms with Crippen LogP contribution in [0.15, 0.2) is 6.20 Å². The van der Waals surface area contributed by atoms with Gasteiger partial charge in [-0.25, -0.2) is 0 Å². The van der Waals surface area contributed by atoms with E-state index in [1.807, 2.05) is 6.92 Å². The van der Waals surface area contributed by atoms with Crippen LogP contribution >= 0.6 is 11.6 Å². The lowest BCUT2D eigenvalue weighted by Crippen LogP contribution is -2.10. The van der Waals surface area contributed by atoms with Gasteiger partial charge in [-0.05, 0) is 13.3 Å². The van der Waals surface area contributed by atoms with Crippen LogP contribution in [0.4, 0.5) is 0 Å². The highest BCUT2D eigenvalue weighted by Gasteiger charge is 2.01. The van der Waals surface area contributed by atoms with E-state index >= 15 is 0 Å². The second-order valence-electron chi connectivity index (χ2n) is 2.95. The first-order valence-electron chi connectivity index (χ1n) is 4.12. The monoisotopic (exact) mass is 200 g/mol. The molecule has 0 aliphatic rings.